The first-order valence-electron chi connectivity index (χ1n) is 4.09. The molecule has 1 N–H and O–H groups in total. The minimum atomic E-state index is 0.0769. The van der Waals surface area contributed by atoms with Crippen LogP contribution in [0.5, 0.6) is 5.88 Å². The van der Waals surface area contributed by atoms with Crippen molar-refractivity contribution in [3.8, 4) is 11.9 Å². The number of nitrogens with one attached hydrogen (secondary N) is 1. The predicted octanol–water partition coefficient (Wildman–Crippen LogP) is 0.352. The molecule has 0 unspecified atom stereocenters. The molecule has 2 rings (SSSR count). The van der Waals surface area contributed by atoms with Crippen LogP contribution in [0.2, 0.25) is 5.28 Å². The fourth-order valence-electron chi connectivity index (χ4n) is 1.02. The van der Waals surface area contributed by atoms with E-state index in [4.69, 9.17) is 21.6 Å². The van der Waals surface area contributed by atoms with E-state index < -0.39 is 0 Å². The zero-order chi connectivity index (χ0) is 9.97. The van der Waals surface area contributed by atoms with Gasteiger partial charge in [0.25, 0.3) is 0 Å². The molecule has 0 aliphatic carbocycles. The Balaban J connectivity index is 2.21. The highest BCUT2D eigenvalue weighted by Crippen LogP contribution is 2.17. The van der Waals surface area contributed by atoms with Gasteiger partial charge in [-0.3, -0.25) is 0 Å². The number of ether oxygens (including phenoxy) is 1. The summed E-state index contributed by atoms with van der Waals surface area (Å²) in [7, 11) is 0. The van der Waals surface area contributed by atoms with E-state index in [2.05, 4.69) is 15.3 Å². The van der Waals surface area contributed by atoms with Gasteiger partial charge in [-0.2, -0.15) is 10.2 Å². The Hall–Kier alpha value is -1.38. The third kappa shape index (κ3) is 1.76. The van der Waals surface area contributed by atoms with Crippen molar-refractivity contribution in [2.75, 3.05) is 13.1 Å². The van der Waals surface area contributed by atoms with Gasteiger partial charge in [-0.25, -0.2) is 4.98 Å². The number of nitrogens with zero attached hydrogens (tertiary/aromatic N) is 3. The number of hydrogen-bond acceptors (Lipinski definition) is 5. The lowest BCUT2D eigenvalue weighted by Crippen LogP contribution is -2.50. The second-order valence-electron chi connectivity index (χ2n) is 2.87. The summed E-state index contributed by atoms with van der Waals surface area (Å²) in [6.45, 7) is 1.54. The van der Waals surface area contributed by atoms with E-state index in [0.29, 0.717) is 5.56 Å². The van der Waals surface area contributed by atoms with Crippen molar-refractivity contribution in [1.29, 1.82) is 5.26 Å². The van der Waals surface area contributed by atoms with E-state index >= 15 is 0 Å². The molecular formula is C8H7ClN4O. The zero-order valence-electron chi connectivity index (χ0n) is 7.20. The van der Waals surface area contributed by atoms with Gasteiger partial charge in [-0.05, 0) is 11.6 Å². The molecule has 14 heavy (non-hydrogen) atoms. The average molecular weight is 211 g/mol. The lowest BCUT2D eigenvalue weighted by molar-refractivity contribution is 0.135. The molecule has 0 radical (unpaired) electrons. The Morgan fingerprint density at radius 2 is 2.43 bits per heavy atom. The molecule has 1 aliphatic heterocycles. The standard InChI is InChI=1S/C8H7ClN4O/c9-8-12-2-5(1-10)7(13-8)14-6-3-11-4-6/h2,6,11H,3-4H2. The molecule has 0 spiro atoms. The van der Waals surface area contributed by atoms with Gasteiger partial charge in [0, 0.05) is 13.1 Å². The normalized spacial score (nSPS) is 15.7. The van der Waals surface area contributed by atoms with Gasteiger partial charge in [0.2, 0.25) is 11.2 Å². The molecule has 5 nitrogen and oxygen atoms in total. The van der Waals surface area contributed by atoms with Gasteiger partial charge in [-0.15, -0.1) is 0 Å². The summed E-state index contributed by atoms with van der Waals surface area (Å²) in [4.78, 5) is 7.55. The molecule has 0 saturated carbocycles. The minimum Gasteiger partial charge on any atom is -0.471 e. The third-order valence-electron chi connectivity index (χ3n) is 1.87. The summed E-state index contributed by atoms with van der Waals surface area (Å²) < 4.78 is 5.43. The van der Waals surface area contributed by atoms with Gasteiger partial charge < -0.3 is 10.1 Å². The second-order valence-corrected chi connectivity index (χ2v) is 3.21. The lowest BCUT2D eigenvalue weighted by atomic mass is 10.2. The summed E-state index contributed by atoms with van der Waals surface area (Å²) >= 11 is 5.59. The molecule has 1 aromatic rings. The summed E-state index contributed by atoms with van der Waals surface area (Å²) in [5.74, 6) is 0.263. The first-order valence-corrected chi connectivity index (χ1v) is 4.47. The van der Waals surface area contributed by atoms with Crippen LogP contribution in [0.25, 0.3) is 0 Å². The zero-order valence-corrected chi connectivity index (χ0v) is 7.95. The van der Waals surface area contributed by atoms with E-state index in [-0.39, 0.29) is 17.3 Å². The van der Waals surface area contributed by atoms with Crippen LogP contribution in [0.15, 0.2) is 6.20 Å². The van der Waals surface area contributed by atoms with Crippen LogP contribution in [0, 0.1) is 11.3 Å². The first kappa shape index (κ1) is 9.19. The summed E-state index contributed by atoms with van der Waals surface area (Å²) in [6.07, 6.45) is 1.43. The van der Waals surface area contributed by atoms with E-state index in [1.807, 2.05) is 6.07 Å². The number of hydrogen-bond donors (Lipinski definition) is 1. The van der Waals surface area contributed by atoms with Crippen LogP contribution in [-0.2, 0) is 0 Å². The van der Waals surface area contributed by atoms with E-state index in [0.717, 1.165) is 13.1 Å². The maximum absolute atomic E-state index is 8.74. The molecule has 0 atom stereocenters. The molecule has 1 saturated heterocycles. The highest BCUT2D eigenvalue weighted by molar-refractivity contribution is 6.28. The van der Waals surface area contributed by atoms with Crippen LogP contribution in [0.1, 0.15) is 5.56 Å². The summed E-state index contributed by atoms with van der Waals surface area (Å²) in [5, 5.41) is 11.9. The van der Waals surface area contributed by atoms with E-state index in [1.165, 1.54) is 6.20 Å². The maximum atomic E-state index is 8.74. The molecule has 72 valence electrons. The molecule has 1 aliphatic rings. The lowest BCUT2D eigenvalue weighted by Gasteiger charge is -2.27. The molecule has 6 heteroatoms. The van der Waals surface area contributed by atoms with Crippen LogP contribution in [0.3, 0.4) is 0 Å². The molecule has 1 fully saturated rings. The quantitative estimate of drug-likeness (QED) is 0.714. The van der Waals surface area contributed by atoms with Crippen molar-refractivity contribution in [2.45, 2.75) is 6.10 Å². The minimum absolute atomic E-state index is 0.0769. The van der Waals surface area contributed by atoms with Crippen molar-refractivity contribution < 1.29 is 4.74 Å². The van der Waals surface area contributed by atoms with Gasteiger partial charge in [0.05, 0.1) is 6.20 Å². The summed E-state index contributed by atoms with van der Waals surface area (Å²) in [5.41, 5.74) is 0.307. The van der Waals surface area contributed by atoms with Crippen LogP contribution in [-0.4, -0.2) is 29.2 Å². The Kier molecular flexibility index (Phi) is 2.48. The number of rotatable bonds is 2. The topological polar surface area (TPSA) is 70.8 Å². The third-order valence-corrected chi connectivity index (χ3v) is 2.05. The van der Waals surface area contributed by atoms with Gasteiger partial charge in [0.1, 0.15) is 17.7 Å². The van der Waals surface area contributed by atoms with Gasteiger partial charge in [0.15, 0.2) is 0 Å². The molecule has 2 heterocycles. The molecule has 0 amide bonds. The predicted molar refractivity (Wildman–Crippen MR) is 49.0 cm³/mol. The maximum Gasteiger partial charge on any atom is 0.236 e. The van der Waals surface area contributed by atoms with Crippen molar-refractivity contribution in [3.63, 3.8) is 0 Å². The summed E-state index contributed by atoms with van der Waals surface area (Å²) in [6, 6.07) is 1.95. The fraction of sp³-hybridized carbons (Fsp3) is 0.375. The van der Waals surface area contributed by atoms with Crippen molar-refractivity contribution in [1.82, 2.24) is 15.3 Å². The monoisotopic (exact) mass is 210 g/mol. The second kappa shape index (κ2) is 3.78. The Morgan fingerprint density at radius 1 is 1.64 bits per heavy atom. The van der Waals surface area contributed by atoms with Crippen molar-refractivity contribution >= 4 is 11.6 Å². The number of nitriles is 1. The van der Waals surface area contributed by atoms with E-state index in [9.17, 15) is 0 Å². The van der Waals surface area contributed by atoms with Crippen LogP contribution in [0.4, 0.5) is 0 Å². The smallest absolute Gasteiger partial charge is 0.236 e. The Morgan fingerprint density at radius 3 is 3.00 bits per heavy atom. The number of halogens is 1. The van der Waals surface area contributed by atoms with Crippen molar-refractivity contribution in [3.05, 3.63) is 17.0 Å². The molecule has 1 aromatic heterocycles. The van der Waals surface area contributed by atoms with Crippen molar-refractivity contribution in [2.24, 2.45) is 0 Å². The largest absolute Gasteiger partial charge is 0.471 e. The Bertz CT molecular complexity index is 385. The van der Waals surface area contributed by atoms with Crippen LogP contribution >= 0.6 is 11.6 Å². The molecule has 0 bridgehead atoms. The van der Waals surface area contributed by atoms with Gasteiger partial charge in [-0.1, -0.05) is 0 Å². The fourth-order valence-corrected chi connectivity index (χ4v) is 1.14. The molecular weight excluding hydrogens is 204 g/mol. The van der Waals surface area contributed by atoms with Crippen LogP contribution < -0.4 is 10.1 Å². The Labute approximate surface area is 85.7 Å². The van der Waals surface area contributed by atoms with Gasteiger partial charge >= 0.3 is 0 Å². The highest BCUT2D eigenvalue weighted by atomic mass is 35.5. The number of aromatic nitrogens is 2. The molecule has 0 aromatic carbocycles. The highest BCUT2D eigenvalue weighted by Gasteiger charge is 2.20. The average Bonchev–Trinajstić information content (AvgIpc) is 2.12. The first-order chi connectivity index (χ1) is 6.79. The van der Waals surface area contributed by atoms with E-state index in [1.54, 1.807) is 0 Å². The SMILES string of the molecule is N#Cc1cnc(Cl)nc1OC1CNC1.